The third-order valence-electron chi connectivity index (χ3n) is 4.95. The van der Waals surface area contributed by atoms with Crippen molar-refractivity contribution in [3.8, 4) is 17.0 Å². The first kappa shape index (κ1) is 16.5. The summed E-state index contributed by atoms with van der Waals surface area (Å²) in [5.74, 6) is 1.62. The van der Waals surface area contributed by atoms with Crippen molar-refractivity contribution < 1.29 is 4.84 Å². The second-order valence-corrected chi connectivity index (χ2v) is 6.83. The third-order valence-corrected chi connectivity index (χ3v) is 4.95. The van der Waals surface area contributed by atoms with Crippen LogP contribution < -0.4 is 15.6 Å². The Labute approximate surface area is 153 Å². The van der Waals surface area contributed by atoms with E-state index in [9.17, 15) is 0 Å². The summed E-state index contributed by atoms with van der Waals surface area (Å²) in [5.41, 5.74) is 8.77. The van der Waals surface area contributed by atoms with Gasteiger partial charge in [0, 0.05) is 22.7 Å². The summed E-state index contributed by atoms with van der Waals surface area (Å²) in [6.45, 7) is 6.40. The summed E-state index contributed by atoms with van der Waals surface area (Å²) in [5, 5.41) is 4.29. The molecule has 1 aromatic carbocycles. The summed E-state index contributed by atoms with van der Waals surface area (Å²) in [4.78, 5) is 13.6. The van der Waals surface area contributed by atoms with Crippen molar-refractivity contribution in [1.29, 1.82) is 0 Å². The summed E-state index contributed by atoms with van der Waals surface area (Å²) in [6.07, 6.45) is 3.92. The maximum Gasteiger partial charge on any atom is 0.174 e. The molecule has 1 atom stereocenters. The zero-order valence-electron chi connectivity index (χ0n) is 15.4. The summed E-state index contributed by atoms with van der Waals surface area (Å²) >= 11 is 0. The zero-order valence-corrected chi connectivity index (χ0v) is 15.4. The minimum Gasteiger partial charge on any atom is -0.379 e. The molecule has 0 amide bonds. The van der Waals surface area contributed by atoms with E-state index in [-0.39, 0.29) is 0 Å². The number of H-pyrrole nitrogens is 1. The maximum absolute atomic E-state index is 5.67. The van der Waals surface area contributed by atoms with Crippen LogP contribution in [-0.4, -0.2) is 16.0 Å². The van der Waals surface area contributed by atoms with Gasteiger partial charge in [-0.2, -0.15) is 0 Å². The smallest absolute Gasteiger partial charge is 0.174 e. The predicted octanol–water partition coefficient (Wildman–Crippen LogP) is 4.29. The van der Waals surface area contributed by atoms with E-state index in [0.29, 0.717) is 11.8 Å². The van der Waals surface area contributed by atoms with E-state index < -0.39 is 0 Å². The van der Waals surface area contributed by atoms with Crippen LogP contribution in [0.3, 0.4) is 0 Å². The van der Waals surface area contributed by atoms with E-state index in [1.54, 1.807) is 6.20 Å². The molecule has 4 rings (SSSR count). The molecule has 1 unspecified atom stereocenters. The first-order valence-electron chi connectivity index (χ1n) is 9.13. The molecule has 0 spiro atoms. The Hall–Kier alpha value is -2.95. The number of hydrogen-bond donors (Lipinski definition) is 3. The van der Waals surface area contributed by atoms with Gasteiger partial charge in [0.2, 0.25) is 0 Å². The fourth-order valence-corrected chi connectivity index (χ4v) is 3.26. The lowest BCUT2D eigenvalue weighted by atomic mass is 10.0. The Balaban J connectivity index is 1.58. The van der Waals surface area contributed by atoms with Crippen LogP contribution in [0.5, 0.6) is 5.75 Å². The minimum absolute atomic E-state index is 0.400. The van der Waals surface area contributed by atoms with Gasteiger partial charge >= 0.3 is 0 Å². The Morgan fingerprint density at radius 3 is 2.85 bits per heavy atom. The van der Waals surface area contributed by atoms with Crippen LogP contribution >= 0.6 is 0 Å². The summed E-state index contributed by atoms with van der Waals surface area (Å²) in [6, 6.07) is 13.1. The Kier molecular flexibility index (Phi) is 4.29. The molecule has 3 heterocycles. The van der Waals surface area contributed by atoms with Gasteiger partial charge in [0.15, 0.2) is 5.75 Å². The van der Waals surface area contributed by atoms with E-state index in [0.717, 1.165) is 35.4 Å². The highest BCUT2D eigenvalue weighted by Gasteiger charge is 2.21. The number of nitrogens with one attached hydrogen (secondary N) is 3. The van der Waals surface area contributed by atoms with E-state index in [1.165, 1.54) is 16.7 Å². The lowest BCUT2D eigenvalue weighted by Crippen LogP contribution is -2.46. The summed E-state index contributed by atoms with van der Waals surface area (Å²) in [7, 11) is 0. The van der Waals surface area contributed by atoms with E-state index >= 15 is 0 Å². The molecule has 1 aliphatic heterocycles. The molecular weight excluding hydrogens is 324 g/mol. The topological polar surface area (TPSA) is 62.0 Å². The van der Waals surface area contributed by atoms with E-state index in [1.807, 2.05) is 6.07 Å². The van der Waals surface area contributed by atoms with Crippen LogP contribution in [-0.2, 0) is 6.42 Å². The molecule has 2 aromatic heterocycles. The molecule has 1 aliphatic rings. The number of aryl methyl sites for hydroxylation is 1. The highest BCUT2D eigenvalue weighted by molar-refractivity contribution is 5.84. The van der Waals surface area contributed by atoms with Crippen molar-refractivity contribution in [2.75, 3.05) is 0 Å². The van der Waals surface area contributed by atoms with Crippen LogP contribution in [0.2, 0.25) is 0 Å². The minimum atomic E-state index is 0.400. The number of rotatable bonds is 6. The van der Waals surface area contributed by atoms with Gasteiger partial charge in [-0.25, -0.2) is 10.5 Å². The number of aromatic amines is 1. The molecule has 5 nitrogen and oxygen atoms in total. The van der Waals surface area contributed by atoms with Crippen LogP contribution in [0.4, 0.5) is 0 Å². The molecule has 0 saturated heterocycles. The Morgan fingerprint density at radius 1 is 1.23 bits per heavy atom. The van der Waals surface area contributed by atoms with Gasteiger partial charge in [0.25, 0.3) is 0 Å². The van der Waals surface area contributed by atoms with Gasteiger partial charge < -0.3 is 15.1 Å². The number of hydroxylamine groups is 1. The molecule has 0 bridgehead atoms. The number of benzene rings is 1. The second-order valence-electron chi connectivity index (χ2n) is 6.83. The third kappa shape index (κ3) is 3.01. The first-order valence-corrected chi connectivity index (χ1v) is 9.13. The second kappa shape index (κ2) is 6.75. The van der Waals surface area contributed by atoms with Crippen LogP contribution in [0.25, 0.3) is 22.3 Å². The SMILES string of the molecule is CCCc1ccccc1-c1cc2cc(ONC3=C(C)C(C)N3)cnc2[nH]1. The van der Waals surface area contributed by atoms with Gasteiger partial charge in [0.1, 0.15) is 11.5 Å². The van der Waals surface area contributed by atoms with Gasteiger partial charge in [-0.1, -0.05) is 37.6 Å². The fraction of sp³-hybridized carbons (Fsp3) is 0.286. The largest absolute Gasteiger partial charge is 0.379 e. The van der Waals surface area contributed by atoms with E-state index in [4.69, 9.17) is 4.84 Å². The van der Waals surface area contributed by atoms with Crippen molar-refractivity contribution in [3.63, 3.8) is 0 Å². The number of pyridine rings is 1. The molecule has 26 heavy (non-hydrogen) atoms. The Bertz CT molecular complexity index is 973. The number of aromatic nitrogens is 2. The molecule has 5 heteroatoms. The molecule has 0 aliphatic carbocycles. The van der Waals surface area contributed by atoms with Crippen LogP contribution in [0.15, 0.2) is 54.0 Å². The highest BCUT2D eigenvalue weighted by atomic mass is 16.6. The summed E-state index contributed by atoms with van der Waals surface area (Å²) < 4.78 is 0. The maximum atomic E-state index is 5.67. The zero-order chi connectivity index (χ0) is 18.1. The van der Waals surface area contributed by atoms with Crippen molar-refractivity contribution >= 4 is 11.0 Å². The van der Waals surface area contributed by atoms with Crippen molar-refractivity contribution in [2.45, 2.75) is 39.7 Å². The molecule has 0 fully saturated rings. The number of hydrogen-bond acceptors (Lipinski definition) is 4. The molecule has 134 valence electrons. The fourth-order valence-electron chi connectivity index (χ4n) is 3.26. The van der Waals surface area contributed by atoms with Gasteiger partial charge in [-0.15, -0.1) is 0 Å². The normalized spacial score (nSPS) is 16.3. The Morgan fingerprint density at radius 2 is 2.08 bits per heavy atom. The quantitative estimate of drug-likeness (QED) is 0.582. The van der Waals surface area contributed by atoms with Crippen molar-refractivity contribution in [2.24, 2.45) is 0 Å². The highest BCUT2D eigenvalue weighted by Crippen LogP contribution is 2.28. The van der Waals surface area contributed by atoms with Crippen molar-refractivity contribution in [3.05, 3.63) is 59.6 Å². The standard InChI is InChI=1S/C21H24N4O/c1-4-7-15-8-5-6-9-18(15)19-11-16-10-17(12-22-21(16)24-19)26-25-20-13(2)14(3)23-20/h5-6,8-12,14,23,25H,4,7H2,1-3H3,(H,22,24). The van der Waals surface area contributed by atoms with Crippen LogP contribution in [0.1, 0.15) is 32.8 Å². The van der Waals surface area contributed by atoms with Crippen molar-refractivity contribution in [1.82, 2.24) is 20.8 Å². The lowest BCUT2D eigenvalue weighted by molar-refractivity contribution is 0.205. The molecular formula is C21H24N4O. The molecule has 0 saturated carbocycles. The monoisotopic (exact) mass is 348 g/mol. The molecule has 0 radical (unpaired) electrons. The van der Waals surface area contributed by atoms with E-state index in [2.05, 4.69) is 71.9 Å². The van der Waals surface area contributed by atoms with Gasteiger partial charge in [-0.3, -0.25) is 0 Å². The van der Waals surface area contributed by atoms with Gasteiger partial charge in [-0.05, 0) is 43.5 Å². The van der Waals surface area contributed by atoms with Crippen LogP contribution in [0, 0.1) is 0 Å². The predicted molar refractivity (Wildman–Crippen MR) is 105 cm³/mol. The average molecular weight is 348 g/mol. The average Bonchev–Trinajstić information content (AvgIpc) is 3.08. The molecule has 3 aromatic rings. The first-order chi connectivity index (χ1) is 12.7. The molecule has 3 N–H and O–H groups in total. The van der Waals surface area contributed by atoms with Gasteiger partial charge in [0.05, 0.1) is 6.20 Å². The number of fused-ring (bicyclic) bond motifs is 1. The lowest BCUT2D eigenvalue weighted by Gasteiger charge is -2.31. The number of nitrogens with zero attached hydrogens (tertiary/aromatic N) is 1.